The van der Waals surface area contributed by atoms with E-state index in [-0.39, 0.29) is 24.9 Å². The molecule has 6 rings (SSSR count). The molecule has 18 heteroatoms. The number of benzene rings is 2. The maximum atomic E-state index is 13.6. The quantitative estimate of drug-likeness (QED) is 0.277. The highest BCUT2D eigenvalue weighted by molar-refractivity contribution is 7.88. The summed E-state index contributed by atoms with van der Waals surface area (Å²) in [5, 5.41) is 0. The minimum atomic E-state index is -3.60. The second kappa shape index (κ2) is 15.1. The fraction of sp³-hybridized carbons (Fsp3) is 0.588. The highest BCUT2D eigenvalue weighted by Crippen LogP contribution is 2.38. The van der Waals surface area contributed by atoms with Gasteiger partial charge in [-0.05, 0) is 74.2 Å². The molecule has 14 nitrogen and oxygen atoms in total. The van der Waals surface area contributed by atoms with Crippen LogP contribution < -0.4 is 20.9 Å². The molecular weight excluding hydrogens is 723 g/mol. The number of carbonyl (C=O) groups excluding carboxylic acids is 2. The van der Waals surface area contributed by atoms with E-state index < -0.39 is 80.1 Å². The van der Waals surface area contributed by atoms with Crippen molar-refractivity contribution in [1.82, 2.24) is 18.4 Å². The molecule has 2 aromatic rings. The molecule has 0 spiro atoms. The summed E-state index contributed by atoms with van der Waals surface area (Å²) in [6.45, 7) is 0.690. The molecule has 4 heterocycles. The van der Waals surface area contributed by atoms with E-state index in [0.29, 0.717) is 63.1 Å². The van der Waals surface area contributed by atoms with E-state index in [2.05, 4.69) is 0 Å². The summed E-state index contributed by atoms with van der Waals surface area (Å²) in [6.07, 6.45) is 3.32. The lowest BCUT2D eigenvalue weighted by Crippen LogP contribution is -2.52. The average molecular weight is 769 g/mol. The Bertz CT molecular complexity index is 1700. The van der Waals surface area contributed by atoms with Gasteiger partial charge in [0.2, 0.25) is 31.9 Å². The molecule has 286 valence electrons. The lowest BCUT2D eigenvalue weighted by Gasteiger charge is -2.31. The lowest BCUT2D eigenvalue weighted by molar-refractivity contribution is -0.135. The standard InChI is InChI=1S/C34H46F2N6O8S2/c1-51(45,46)41-19-29(49-23-11-7-21(35)8-12-23)31-27(41)15-17-39(31)33(43)25(37)5-3-4-6-26(38)34(44)40-18-16-28-32(40)30(20-42(28)52(2,47)48)50-24-13-9-22(36)10-14-24/h7-14,25-32H,3-6,15-20,37-38H2,1-2H3/t25-,26-,27+,28+,29-,30-,31-,32-/m0/s1. The van der Waals surface area contributed by atoms with Gasteiger partial charge < -0.3 is 30.7 Å². The molecule has 0 aliphatic carbocycles. The molecule has 0 bridgehead atoms. The van der Waals surface area contributed by atoms with Gasteiger partial charge in [-0.2, -0.15) is 8.61 Å². The van der Waals surface area contributed by atoms with Crippen LogP contribution in [0.2, 0.25) is 0 Å². The zero-order valence-corrected chi connectivity index (χ0v) is 30.7. The minimum absolute atomic E-state index is 0.0422. The molecule has 8 atom stereocenters. The molecule has 4 aliphatic heterocycles. The van der Waals surface area contributed by atoms with Crippen LogP contribution in [0.5, 0.6) is 11.5 Å². The van der Waals surface area contributed by atoms with Crippen molar-refractivity contribution < 1.29 is 44.7 Å². The largest absolute Gasteiger partial charge is 0.487 e. The maximum absolute atomic E-state index is 13.6. The Morgan fingerprint density at radius 1 is 0.692 bits per heavy atom. The van der Waals surface area contributed by atoms with Crippen LogP contribution in [-0.2, 0) is 29.6 Å². The fourth-order valence-electron chi connectivity index (χ4n) is 8.23. The Morgan fingerprint density at radius 2 is 1.04 bits per heavy atom. The molecule has 0 unspecified atom stereocenters. The fourth-order valence-corrected chi connectivity index (χ4v) is 10.5. The molecule has 0 saturated carbocycles. The lowest BCUT2D eigenvalue weighted by atomic mass is 10.0. The van der Waals surface area contributed by atoms with E-state index in [4.69, 9.17) is 20.9 Å². The summed E-state index contributed by atoms with van der Waals surface area (Å²) in [4.78, 5) is 30.5. The Kier molecular flexibility index (Phi) is 11.2. The SMILES string of the molecule is CS(=O)(=O)N1C[C@H](Oc2ccc(F)cc2)[C@@H]2[C@H]1CCN2C(=O)[C@@H](N)CCCC[C@H](N)C(=O)N1CC[C@@H]2[C@H]1[C@@H](Oc1ccc(F)cc1)CN2S(C)(=O)=O. The van der Waals surface area contributed by atoms with Gasteiger partial charge in [0, 0.05) is 13.1 Å². The first-order valence-corrected chi connectivity index (χ1v) is 21.1. The highest BCUT2D eigenvalue weighted by Gasteiger charge is 2.56. The van der Waals surface area contributed by atoms with Gasteiger partial charge in [-0.3, -0.25) is 9.59 Å². The van der Waals surface area contributed by atoms with E-state index in [9.17, 15) is 35.2 Å². The molecular formula is C34H46F2N6O8S2. The van der Waals surface area contributed by atoms with Gasteiger partial charge in [0.25, 0.3) is 0 Å². The van der Waals surface area contributed by atoms with Gasteiger partial charge in [0.1, 0.15) is 35.3 Å². The predicted octanol–water partition coefficient (Wildman–Crippen LogP) is 0.864. The van der Waals surface area contributed by atoms with Crippen LogP contribution in [0.15, 0.2) is 48.5 Å². The van der Waals surface area contributed by atoms with Gasteiger partial charge in [0.05, 0.1) is 61.9 Å². The molecule has 2 aromatic carbocycles. The van der Waals surface area contributed by atoms with Crippen LogP contribution >= 0.6 is 0 Å². The molecule has 0 aromatic heterocycles. The molecule has 4 N–H and O–H groups in total. The molecule has 52 heavy (non-hydrogen) atoms. The summed E-state index contributed by atoms with van der Waals surface area (Å²) in [5.74, 6) is -0.827. The Balaban J connectivity index is 1.03. The van der Waals surface area contributed by atoms with Crippen molar-refractivity contribution in [3.63, 3.8) is 0 Å². The monoisotopic (exact) mass is 768 g/mol. The number of nitrogens with two attached hydrogens (primary N) is 2. The van der Waals surface area contributed by atoms with Crippen LogP contribution in [0, 0.1) is 11.6 Å². The van der Waals surface area contributed by atoms with Crippen LogP contribution in [-0.4, -0.2) is 134 Å². The Labute approximate surface area is 303 Å². The maximum Gasteiger partial charge on any atom is 0.239 e. The summed E-state index contributed by atoms with van der Waals surface area (Å²) >= 11 is 0. The number of carbonyl (C=O) groups is 2. The number of likely N-dealkylation sites (tertiary alicyclic amines) is 2. The molecule has 4 aliphatic rings. The van der Waals surface area contributed by atoms with E-state index in [1.165, 1.54) is 57.1 Å². The zero-order chi connectivity index (χ0) is 37.5. The summed E-state index contributed by atoms with van der Waals surface area (Å²) in [6, 6.07) is 6.94. The normalized spacial score (nSPS) is 27.7. The molecule has 0 radical (unpaired) electrons. The first-order chi connectivity index (χ1) is 24.5. The zero-order valence-electron chi connectivity index (χ0n) is 29.1. The average Bonchev–Trinajstić information content (AvgIpc) is 3.86. The van der Waals surface area contributed by atoms with E-state index >= 15 is 0 Å². The Morgan fingerprint density at radius 3 is 1.37 bits per heavy atom. The number of amides is 2. The van der Waals surface area contributed by atoms with Crippen LogP contribution in [0.1, 0.15) is 38.5 Å². The number of hydrogen-bond donors (Lipinski definition) is 2. The number of fused-ring (bicyclic) bond motifs is 2. The van der Waals surface area contributed by atoms with Gasteiger partial charge >= 0.3 is 0 Å². The topological polar surface area (TPSA) is 186 Å². The smallest absolute Gasteiger partial charge is 0.239 e. The first-order valence-electron chi connectivity index (χ1n) is 17.4. The number of nitrogens with zero attached hydrogens (tertiary/aromatic N) is 4. The molecule has 4 fully saturated rings. The highest BCUT2D eigenvalue weighted by atomic mass is 32.2. The van der Waals surface area contributed by atoms with E-state index in [1.807, 2.05) is 0 Å². The van der Waals surface area contributed by atoms with Crippen molar-refractivity contribution >= 4 is 31.9 Å². The number of sulfonamides is 2. The van der Waals surface area contributed by atoms with Crippen molar-refractivity contribution in [2.75, 3.05) is 38.7 Å². The molecule has 4 saturated heterocycles. The second-order valence-corrected chi connectivity index (χ2v) is 18.0. The van der Waals surface area contributed by atoms with Gasteiger partial charge in [-0.1, -0.05) is 12.8 Å². The van der Waals surface area contributed by atoms with Crippen molar-refractivity contribution in [1.29, 1.82) is 0 Å². The van der Waals surface area contributed by atoms with Crippen molar-refractivity contribution in [2.24, 2.45) is 11.5 Å². The Hall–Kier alpha value is -3.42. The third kappa shape index (κ3) is 8.06. The third-order valence-electron chi connectivity index (χ3n) is 10.6. The van der Waals surface area contributed by atoms with Crippen LogP contribution in [0.25, 0.3) is 0 Å². The van der Waals surface area contributed by atoms with Crippen molar-refractivity contribution in [3.05, 3.63) is 60.2 Å². The summed E-state index contributed by atoms with van der Waals surface area (Å²) in [5.41, 5.74) is 12.8. The number of unbranched alkanes of at least 4 members (excludes halogenated alkanes) is 1. The molecule has 2 amide bonds. The number of rotatable bonds is 13. The van der Waals surface area contributed by atoms with Gasteiger partial charge in [0.15, 0.2) is 0 Å². The number of halogens is 2. The third-order valence-corrected chi connectivity index (χ3v) is 13.1. The van der Waals surface area contributed by atoms with Gasteiger partial charge in [-0.15, -0.1) is 0 Å². The first kappa shape index (κ1) is 38.3. The minimum Gasteiger partial charge on any atom is -0.487 e. The summed E-state index contributed by atoms with van der Waals surface area (Å²) < 4.78 is 92.3. The number of hydrogen-bond acceptors (Lipinski definition) is 10. The summed E-state index contributed by atoms with van der Waals surface area (Å²) in [7, 11) is -7.20. The van der Waals surface area contributed by atoms with E-state index in [0.717, 1.165) is 12.5 Å². The number of ether oxygens (including phenoxy) is 2. The van der Waals surface area contributed by atoms with Gasteiger partial charge in [-0.25, -0.2) is 25.6 Å². The van der Waals surface area contributed by atoms with Crippen molar-refractivity contribution in [2.45, 2.75) is 87.0 Å². The van der Waals surface area contributed by atoms with Crippen LogP contribution in [0.3, 0.4) is 0 Å². The second-order valence-electron chi connectivity index (χ2n) is 14.1. The van der Waals surface area contributed by atoms with Crippen LogP contribution in [0.4, 0.5) is 8.78 Å². The predicted molar refractivity (Wildman–Crippen MR) is 187 cm³/mol. The van der Waals surface area contributed by atoms with Crippen molar-refractivity contribution in [3.8, 4) is 11.5 Å². The van der Waals surface area contributed by atoms with E-state index in [1.54, 1.807) is 9.80 Å².